The van der Waals surface area contributed by atoms with Crippen molar-refractivity contribution in [3.05, 3.63) is 52.6 Å². The van der Waals surface area contributed by atoms with Crippen LogP contribution in [0.2, 0.25) is 0 Å². The average molecular weight is 554 g/mol. The Labute approximate surface area is 234 Å². The number of nitrogens with one attached hydrogen (secondary N) is 1. The number of aryl methyl sites for hydroxylation is 1. The first-order valence-corrected chi connectivity index (χ1v) is 13.7. The van der Waals surface area contributed by atoms with Crippen LogP contribution in [0, 0.1) is 6.92 Å². The molecule has 1 saturated carbocycles. The maximum atomic E-state index is 12.7. The maximum absolute atomic E-state index is 12.7. The third-order valence-electron chi connectivity index (χ3n) is 7.08. The summed E-state index contributed by atoms with van der Waals surface area (Å²) in [6, 6.07) is 2.83. The highest BCUT2D eigenvalue weighted by Gasteiger charge is 2.33. The molecule has 1 saturated heterocycles. The Hall–Kier alpha value is -3.73. The highest BCUT2D eigenvalue weighted by Crippen LogP contribution is 2.38. The largest absolute Gasteiger partial charge is 0.482 e. The molecule has 1 aliphatic carbocycles. The van der Waals surface area contributed by atoms with Gasteiger partial charge in [-0.25, -0.2) is 9.59 Å². The van der Waals surface area contributed by atoms with E-state index >= 15 is 0 Å². The van der Waals surface area contributed by atoms with Gasteiger partial charge >= 0.3 is 12.1 Å². The molecule has 2 aliphatic rings. The van der Waals surface area contributed by atoms with E-state index in [1.807, 2.05) is 27.7 Å². The number of carbonyl (C=O) groups excluding carboxylic acids is 2. The second-order valence-electron chi connectivity index (χ2n) is 11.6. The third kappa shape index (κ3) is 7.07. The van der Waals surface area contributed by atoms with Gasteiger partial charge in [-0.2, -0.15) is 0 Å². The number of carboxylic acids is 1. The molecule has 2 N–H and O–H groups in total. The highest BCUT2D eigenvalue weighted by molar-refractivity contribution is 6.00. The van der Waals surface area contributed by atoms with Gasteiger partial charge in [0.25, 0.3) is 5.91 Å². The van der Waals surface area contributed by atoms with Gasteiger partial charge in [0, 0.05) is 51.4 Å². The Morgan fingerprint density at radius 1 is 1.12 bits per heavy atom. The number of nitrogens with zero attached hydrogens (tertiary/aromatic N) is 4. The molecule has 1 unspecified atom stereocenters. The fourth-order valence-corrected chi connectivity index (χ4v) is 4.80. The summed E-state index contributed by atoms with van der Waals surface area (Å²) in [5.41, 5.74) is 1.62. The lowest BCUT2D eigenvalue weighted by atomic mass is 10.0. The Kier molecular flexibility index (Phi) is 8.62. The quantitative estimate of drug-likeness (QED) is 0.501. The number of carboxylic acid groups (broad SMARTS) is 1. The van der Waals surface area contributed by atoms with Crippen molar-refractivity contribution in [2.24, 2.45) is 0 Å². The third-order valence-corrected chi connectivity index (χ3v) is 7.08. The molecule has 2 heterocycles. The molecule has 0 bridgehead atoms. The summed E-state index contributed by atoms with van der Waals surface area (Å²) in [5, 5.41) is 12.2. The van der Waals surface area contributed by atoms with Gasteiger partial charge in [0.15, 0.2) is 6.10 Å². The highest BCUT2D eigenvalue weighted by atomic mass is 16.6. The second kappa shape index (κ2) is 11.8. The van der Waals surface area contributed by atoms with Crippen LogP contribution in [0.4, 0.5) is 4.79 Å². The summed E-state index contributed by atoms with van der Waals surface area (Å²) in [6.45, 7) is 11.3. The van der Waals surface area contributed by atoms with Crippen LogP contribution in [0.1, 0.15) is 90.2 Å². The monoisotopic (exact) mass is 553 g/mol. The molecule has 4 rings (SSSR count). The van der Waals surface area contributed by atoms with Gasteiger partial charge in [-0.05, 0) is 65.2 Å². The van der Waals surface area contributed by atoms with Crippen LogP contribution in [0.3, 0.4) is 0 Å². The number of hydrogen-bond acceptors (Lipinski definition) is 8. The molecule has 2 atom stereocenters. The number of ether oxygens (including phenoxy) is 2. The van der Waals surface area contributed by atoms with Gasteiger partial charge in [-0.1, -0.05) is 0 Å². The molecular formula is C29H39N5O6. The lowest BCUT2D eigenvalue weighted by molar-refractivity contribution is -0.00318. The SMILES string of the molecule is CNC(=O)c1cc(C(=O)O)c(C)cc1OC(CN1CCN(C(=O)OC(C)(C)C)[C@H](C)C1)c1cnc(C2CC2)cn1. The number of hydrogen-bond donors (Lipinski definition) is 2. The second-order valence-corrected chi connectivity index (χ2v) is 11.6. The van der Waals surface area contributed by atoms with E-state index in [4.69, 9.17) is 9.47 Å². The number of aromatic carboxylic acids is 1. The van der Waals surface area contributed by atoms with E-state index in [0.717, 1.165) is 18.5 Å². The van der Waals surface area contributed by atoms with Crippen molar-refractivity contribution in [3.8, 4) is 5.75 Å². The van der Waals surface area contributed by atoms with Crippen molar-refractivity contribution in [2.75, 3.05) is 33.2 Å². The molecule has 0 radical (unpaired) electrons. The van der Waals surface area contributed by atoms with E-state index in [-0.39, 0.29) is 29.0 Å². The van der Waals surface area contributed by atoms with Crippen molar-refractivity contribution in [1.82, 2.24) is 25.1 Å². The summed E-state index contributed by atoms with van der Waals surface area (Å²) in [5.74, 6) is -0.857. The van der Waals surface area contributed by atoms with E-state index < -0.39 is 23.6 Å². The zero-order chi connectivity index (χ0) is 29.2. The van der Waals surface area contributed by atoms with Crippen molar-refractivity contribution in [2.45, 2.75) is 71.1 Å². The normalized spacial score (nSPS) is 18.6. The first-order chi connectivity index (χ1) is 18.9. The molecule has 216 valence electrons. The van der Waals surface area contributed by atoms with Gasteiger partial charge < -0.3 is 24.8 Å². The molecule has 11 nitrogen and oxygen atoms in total. The first kappa shape index (κ1) is 29.3. The Bertz CT molecular complexity index is 1250. The number of rotatable bonds is 8. The topological polar surface area (TPSA) is 134 Å². The molecule has 1 aromatic heterocycles. The summed E-state index contributed by atoms with van der Waals surface area (Å²) in [6.07, 6.45) is 4.79. The molecule has 2 amide bonds. The van der Waals surface area contributed by atoms with Crippen LogP contribution in [0.5, 0.6) is 5.75 Å². The zero-order valence-corrected chi connectivity index (χ0v) is 24.1. The predicted molar refractivity (Wildman–Crippen MR) is 148 cm³/mol. The van der Waals surface area contributed by atoms with E-state index in [2.05, 4.69) is 20.2 Å². The lowest BCUT2D eigenvalue weighted by Gasteiger charge is -2.41. The number of carbonyl (C=O) groups is 3. The Morgan fingerprint density at radius 2 is 1.85 bits per heavy atom. The lowest BCUT2D eigenvalue weighted by Crippen LogP contribution is -2.55. The van der Waals surface area contributed by atoms with Gasteiger partial charge in [-0.3, -0.25) is 19.7 Å². The Balaban J connectivity index is 1.59. The van der Waals surface area contributed by atoms with Crippen molar-refractivity contribution in [3.63, 3.8) is 0 Å². The fraction of sp³-hybridized carbons (Fsp3) is 0.552. The molecule has 1 aliphatic heterocycles. The summed E-state index contributed by atoms with van der Waals surface area (Å²) in [7, 11) is 1.48. The number of aromatic nitrogens is 2. The minimum Gasteiger partial charge on any atom is -0.482 e. The Morgan fingerprint density at radius 3 is 2.40 bits per heavy atom. The van der Waals surface area contributed by atoms with Gasteiger partial charge in [-0.15, -0.1) is 0 Å². The van der Waals surface area contributed by atoms with Crippen molar-refractivity contribution >= 4 is 18.0 Å². The summed E-state index contributed by atoms with van der Waals surface area (Å²) in [4.78, 5) is 50.4. The number of piperazine rings is 1. The van der Waals surface area contributed by atoms with E-state index in [0.29, 0.717) is 43.4 Å². The zero-order valence-electron chi connectivity index (χ0n) is 24.1. The molecule has 2 aromatic rings. The van der Waals surface area contributed by atoms with E-state index in [9.17, 15) is 19.5 Å². The van der Waals surface area contributed by atoms with Crippen LogP contribution >= 0.6 is 0 Å². The molecule has 1 aromatic carbocycles. The number of benzene rings is 1. The fourth-order valence-electron chi connectivity index (χ4n) is 4.80. The molecule has 40 heavy (non-hydrogen) atoms. The molecular weight excluding hydrogens is 514 g/mol. The van der Waals surface area contributed by atoms with Crippen LogP contribution in [-0.4, -0.2) is 87.7 Å². The smallest absolute Gasteiger partial charge is 0.410 e. The van der Waals surface area contributed by atoms with Gasteiger partial charge in [0.05, 0.1) is 23.0 Å². The number of amides is 2. The van der Waals surface area contributed by atoms with Gasteiger partial charge in [0.1, 0.15) is 17.0 Å². The standard InChI is InChI=1S/C29H39N5O6/c1-17-11-24(21(26(35)30-6)12-20(17)27(36)37)39-25(23-14-31-22(13-32-23)19-7-8-19)16-33-9-10-34(18(2)15-33)28(38)40-29(3,4)5/h11-14,18-19,25H,7-10,15-16H2,1-6H3,(H,30,35)(H,36,37)/t18-,25?/m1/s1. The van der Waals surface area contributed by atoms with Gasteiger partial charge in [0.2, 0.25) is 0 Å². The van der Waals surface area contributed by atoms with Crippen LogP contribution < -0.4 is 10.1 Å². The van der Waals surface area contributed by atoms with E-state index in [1.54, 1.807) is 30.3 Å². The molecule has 0 spiro atoms. The summed E-state index contributed by atoms with van der Waals surface area (Å²) < 4.78 is 12.0. The molecule has 11 heteroatoms. The van der Waals surface area contributed by atoms with Crippen LogP contribution in [0.15, 0.2) is 24.5 Å². The average Bonchev–Trinajstić information content (AvgIpc) is 3.72. The molecule has 2 fully saturated rings. The van der Waals surface area contributed by atoms with Crippen LogP contribution in [-0.2, 0) is 4.74 Å². The van der Waals surface area contributed by atoms with Crippen molar-refractivity contribution < 1.29 is 29.0 Å². The predicted octanol–water partition coefficient (Wildman–Crippen LogP) is 3.78. The van der Waals surface area contributed by atoms with E-state index in [1.165, 1.54) is 13.1 Å². The maximum Gasteiger partial charge on any atom is 0.410 e. The minimum atomic E-state index is -1.12. The first-order valence-electron chi connectivity index (χ1n) is 13.7. The summed E-state index contributed by atoms with van der Waals surface area (Å²) >= 11 is 0. The minimum absolute atomic E-state index is 0.0307. The van der Waals surface area contributed by atoms with Crippen molar-refractivity contribution in [1.29, 1.82) is 0 Å². The van der Waals surface area contributed by atoms with Crippen LogP contribution in [0.25, 0.3) is 0 Å².